The molecule has 0 aromatic heterocycles. The zero-order valence-electron chi connectivity index (χ0n) is 11.2. The summed E-state index contributed by atoms with van der Waals surface area (Å²) in [5.74, 6) is 0.291. The number of ether oxygens (including phenoxy) is 2. The van der Waals surface area contributed by atoms with Gasteiger partial charge in [0, 0.05) is 6.07 Å². The Morgan fingerprint density at radius 1 is 1.10 bits per heavy atom. The number of rotatable bonds is 2. The van der Waals surface area contributed by atoms with Gasteiger partial charge in [0.15, 0.2) is 11.5 Å². The Morgan fingerprint density at radius 3 is 2.62 bits per heavy atom. The molecule has 110 valence electrons. The maximum absolute atomic E-state index is 13.2. The van der Waals surface area contributed by atoms with Crippen molar-refractivity contribution in [3.8, 4) is 11.5 Å². The van der Waals surface area contributed by atoms with E-state index in [1.807, 2.05) is 6.92 Å². The van der Waals surface area contributed by atoms with Crippen LogP contribution in [0.15, 0.2) is 52.3 Å². The minimum atomic E-state index is -3.79. The maximum Gasteiger partial charge on any atom is 0.206 e. The third-order valence-corrected chi connectivity index (χ3v) is 4.88. The molecule has 1 atom stereocenters. The van der Waals surface area contributed by atoms with Gasteiger partial charge in [-0.3, -0.25) is 0 Å². The van der Waals surface area contributed by atoms with E-state index in [-0.39, 0.29) is 15.9 Å². The molecule has 0 N–H and O–H groups in total. The second kappa shape index (κ2) is 5.04. The van der Waals surface area contributed by atoms with Gasteiger partial charge in [0.1, 0.15) is 18.5 Å². The van der Waals surface area contributed by atoms with Crippen LogP contribution in [0.25, 0.3) is 0 Å². The van der Waals surface area contributed by atoms with Crippen LogP contribution in [0.1, 0.15) is 6.92 Å². The molecule has 0 aliphatic carbocycles. The van der Waals surface area contributed by atoms with Crippen LogP contribution in [0, 0.1) is 5.82 Å². The first-order chi connectivity index (χ1) is 9.96. The van der Waals surface area contributed by atoms with Gasteiger partial charge < -0.3 is 9.47 Å². The molecule has 1 aliphatic heterocycles. The lowest BCUT2D eigenvalue weighted by molar-refractivity contribution is 0.104. The molecule has 0 saturated heterocycles. The summed E-state index contributed by atoms with van der Waals surface area (Å²) in [7, 11) is -3.79. The Kier molecular flexibility index (Phi) is 3.33. The highest BCUT2D eigenvalue weighted by Crippen LogP contribution is 2.35. The smallest absolute Gasteiger partial charge is 0.206 e. The summed E-state index contributed by atoms with van der Waals surface area (Å²) in [4.78, 5) is -0.0447. The normalized spacial score (nSPS) is 17.5. The summed E-state index contributed by atoms with van der Waals surface area (Å²) in [6, 6.07) is 9.30. The Bertz CT molecular complexity index is 786. The topological polar surface area (TPSA) is 52.6 Å². The lowest BCUT2D eigenvalue weighted by Crippen LogP contribution is -2.25. The molecular formula is C15H13FO4S. The summed E-state index contributed by atoms with van der Waals surface area (Å²) in [5.41, 5.74) is 0. The van der Waals surface area contributed by atoms with Crippen molar-refractivity contribution in [3.05, 3.63) is 48.3 Å². The van der Waals surface area contributed by atoms with Gasteiger partial charge in [-0.25, -0.2) is 12.8 Å². The van der Waals surface area contributed by atoms with Crippen molar-refractivity contribution in [1.29, 1.82) is 0 Å². The quantitative estimate of drug-likeness (QED) is 0.856. The van der Waals surface area contributed by atoms with E-state index in [0.29, 0.717) is 18.1 Å². The lowest BCUT2D eigenvalue weighted by Gasteiger charge is -2.24. The summed E-state index contributed by atoms with van der Waals surface area (Å²) < 4.78 is 49.2. The molecule has 3 rings (SSSR count). The number of halogens is 1. The fourth-order valence-electron chi connectivity index (χ4n) is 2.10. The van der Waals surface area contributed by atoms with Gasteiger partial charge in [0.05, 0.1) is 9.79 Å². The number of sulfone groups is 1. The largest absolute Gasteiger partial charge is 0.486 e. The van der Waals surface area contributed by atoms with Crippen LogP contribution in [0.3, 0.4) is 0 Å². The first-order valence-electron chi connectivity index (χ1n) is 6.41. The Morgan fingerprint density at radius 2 is 1.86 bits per heavy atom. The fraction of sp³-hybridized carbons (Fsp3) is 0.200. The van der Waals surface area contributed by atoms with Gasteiger partial charge in [-0.15, -0.1) is 0 Å². The first-order valence-corrected chi connectivity index (χ1v) is 7.89. The summed E-state index contributed by atoms with van der Waals surface area (Å²) >= 11 is 0. The van der Waals surface area contributed by atoms with Crippen LogP contribution in [0.2, 0.25) is 0 Å². The van der Waals surface area contributed by atoms with Crippen LogP contribution in [0.4, 0.5) is 4.39 Å². The summed E-state index contributed by atoms with van der Waals surface area (Å²) in [5, 5.41) is 0. The molecule has 1 aliphatic rings. The van der Waals surface area contributed by atoms with E-state index >= 15 is 0 Å². The third kappa shape index (κ3) is 2.58. The van der Waals surface area contributed by atoms with E-state index in [4.69, 9.17) is 9.47 Å². The highest BCUT2D eigenvalue weighted by molar-refractivity contribution is 7.91. The van der Waals surface area contributed by atoms with Crippen LogP contribution in [-0.4, -0.2) is 21.1 Å². The highest BCUT2D eigenvalue weighted by atomic mass is 32.2. The third-order valence-electron chi connectivity index (χ3n) is 3.13. The summed E-state index contributed by atoms with van der Waals surface area (Å²) in [6.07, 6.45) is -0.148. The molecule has 6 heteroatoms. The van der Waals surface area contributed by atoms with Crippen molar-refractivity contribution in [1.82, 2.24) is 0 Å². The van der Waals surface area contributed by atoms with Gasteiger partial charge >= 0.3 is 0 Å². The van der Waals surface area contributed by atoms with Crippen molar-refractivity contribution in [2.24, 2.45) is 0 Å². The maximum atomic E-state index is 13.2. The van der Waals surface area contributed by atoms with Crippen LogP contribution in [0.5, 0.6) is 11.5 Å². The second-order valence-electron chi connectivity index (χ2n) is 4.81. The average Bonchev–Trinajstić information content (AvgIpc) is 2.46. The average molecular weight is 308 g/mol. The van der Waals surface area contributed by atoms with Crippen molar-refractivity contribution in [2.45, 2.75) is 22.8 Å². The van der Waals surface area contributed by atoms with Gasteiger partial charge in [0.2, 0.25) is 9.84 Å². The number of fused-ring (bicyclic) bond motifs is 1. The van der Waals surface area contributed by atoms with E-state index in [0.717, 1.165) is 6.07 Å². The Balaban J connectivity index is 2.06. The molecule has 4 nitrogen and oxygen atoms in total. The van der Waals surface area contributed by atoms with Crippen molar-refractivity contribution in [2.75, 3.05) is 6.61 Å². The molecule has 0 spiro atoms. The van der Waals surface area contributed by atoms with Crippen LogP contribution in [-0.2, 0) is 9.84 Å². The van der Waals surface area contributed by atoms with E-state index in [2.05, 4.69) is 0 Å². The number of hydrogen-bond acceptors (Lipinski definition) is 4. The first kappa shape index (κ1) is 13.9. The molecule has 0 amide bonds. The predicted molar refractivity (Wildman–Crippen MR) is 73.9 cm³/mol. The molecule has 1 unspecified atom stereocenters. The molecule has 0 bridgehead atoms. The van der Waals surface area contributed by atoms with Crippen molar-refractivity contribution in [3.63, 3.8) is 0 Å². The van der Waals surface area contributed by atoms with Gasteiger partial charge in [-0.05, 0) is 37.3 Å². The van der Waals surface area contributed by atoms with Gasteiger partial charge in [-0.1, -0.05) is 6.07 Å². The molecule has 0 fully saturated rings. The Labute approximate surface area is 122 Å². The highest BCUT2D eigenvalue weighted by Gasteiger charge is 2.23. The number of benzene rings is 2. The van der Waals surface area contributed by atoms with Gasteiger partial charge in [0.25, 0.3) is 0 Å². The Hall–Kier alpha value is -2.08. The van der Waals surface area contributed by atoms with E-state index < -0.39 is 15.7 Å². The van der Waals surface area contributed by atoms with Crippen LogP contribution < -0.4 is 9.47 Å². The second-order valence-corrected chi connectivity index (χ2v) is 6.76. The molecule has 2 aromatic carbocycles. The van der Waals surface area contributed by atoms with E-state index in [9.17, 15) is 12.8 Å². The summed E-state index contributed by atoms with van der Waals surface area (Å²) in [6.45, 7) is 2.25. The molecular weight excluding hydrogens is 295 g/mol. The SMILES string of the molecule is CC1COc2ccc(S(=O)(=O)c3cccc(F)c3)cc2O1. The molecule has 2 aromatic rings. The monoisotopic (exact) mass is 308 g/mol. The lowest BCUT2D eigenvalue weighted by atomic mass is 10.3. The van der Waals surface area contributed by atoms with E-state index in [1.54, 1.807) is 6.07 Å². The minimum absolute atomic E-state index is 0.0459. The number of hydrogen-bond donors (Lipinski definition) is 0. The predicted octanol–water partition coefficient (Wildman–Crippen LogP) is 2.82. The van der Waals surface area contributed by atoms with Gasteiger partial charge in [-0.2, -0.15) is 0 Å². The zero-order chi connectivity index (χ0) is 15.0. The molecule has 0 saturated carbocycles. The molecule has 1 heterocycles. The van der Waals surface area contributed by atoms with Crippen LogP contribution >= 0.6 is 0 Å². The van der Waals surface area contributed by atoms with Crippen molar-refractivity contribution < 1.29 is 22.3 Å². The standard InChI is InChI=1S/C15H13FO4S/c1-10-9-19-14-6-5-13(8-15(14)20-10)21(17,18)12-4-2-3-11(16)7-12/h2-8,10H,9H2,1H3. The molecule has 0 radical (unpaired) electrons. The minimum Gasteiger partial charge on any atom is -0.486 e. The zero-order valence-corrected chi connectivity index (χ0v) is 12.1. The van der Waals surface area contributed by atoms with Crippen molar-refractivity contribution >= 4 is 9.84 Å². The molecule has 21 heavy (non-hydrogen) atoms. The van der Waals surface area contributed by atoms with E-state index in [1.165, 1.54) is 30.3 Å². The fourth-order valence-corrected chi connectivity index (χ4v) is 3.40.